The van der Waals surface area contributed by atoms with Crippen LogP contribution in [0.4, 0.5) is 26.3 Å². The first-order valence-electron chi connectivity index (χ1n) is 5.47. The maximum absolute atomic E-state index is 13.1. The maximum Gasteiger partial charge on any atom is 0.419 e. The Morgan fingerprint density at radius 1 is 0.682 bits per heavy atom. The van der Waals surface area contributed by atoms with E-state index in [0.717, 1.165) is 24.5 Å². The molecule has 0 aromatic carbocycles. The van der Waals surface area contributed by atoms with Gasteiger partial charge in [0.2, 0.25) is 0 Å². The van der Waals surface area contributed by atoms with E-state index in [1.54, 1.807) is 0 Å². The number of nitrogens with zero attached hydrogens (tertiary/aromatic N) is 2. The van der Waals surface area contributed by atoms with Crippen molar-refractivity contribution in [1.82, 2.24) is 9.97 Å². The maximum atomic E-state index is 13.1. The lowest BCUT2D eigenvalue weighted by molar-refractivity contribution is -0.139. The average Bonchev–Trinajstić information content (AvgIpc) is 2.35. The number of alkyl halides is 6. The summed E-state index contributed by atoms with van der Waals surface area (Å²) in [5.41, 5.74) is -4.48. The van der Waals surface area contributed by atoms with E-state index < -0.39 is 44.9 Å². The van der Waals surface area contributed by atoms with Gasteiger partial charge in [0, 0.05) is 12.4 Å². The second-order valence-electron chi connectivity index (χ2n) is 4.04. The van der Waals surface area contributed by atoms with E-state index in [4.69, 9.17) is 23.2 Å². The van der Waals surface area contributed by atoms with Crippen LogP contribution >= 0.6 is 23.2 Å². The third-order valence-corrected chi connectivity index (χ3v) is 3.24. The van der Waals surface area contributed by atoms with Crippen molar-refractivity contribution >= 4 is 23.2 Å². The molecule has 2 nitrogen and oxygen atoms in total. The molecule has 0 aliphatic rings. The molecule has 2 aromatic heterocycles. The number of halogens is 8. The molecular formula is C12H4Cl2F6N2. The summed E-state index contributed by atoms with van der Waals surface area (Å²) < 4.78 is 78.4. The fourth-order valence-corrected chi connectivity index (χ4v) is 2.39. The van der Waals surface area contributed by atoms with E-state index in [1.165, 1.54) is 0 Å². The van der Waals surface area contributed by atoms with E-state index in [9.17, 15) is 26.3 Å². The Morgan fingerprint density at radius 3 is 1.27 bits per heavy atom. The van der Waals surface area contributed by atoms with Crippen molar-refractivity contribution in [1.29, 1.82) is 0 Å². The zero-order valence-electron chi connectivity index (χ0n) is 10.2. The lowest BCUT2D eigenvalue weighted by Crippen LogP contribution is -2.13. The zero-order chi connectivity index (χ0) is 16.7. The van der Waals surface area contributed by atoms with Crippen LogP contribution in [0.1, 0.15) is 11.1 Å². The van der Waals surface area contributed by atoms with Gasteiger partial charge in [-0.2, -0.15) is 26.3 Å². The molecule has 0 atom stereocenters. The number of hydrogen-bond acceptors (Lipinski definition) is 2. The summed E-state index contributed by atoms with van der Waals surface area (Å²) in [6.07, 6.45) is -8.22. The quantitative estimate of drug-likeness (QED) is 0.496. The molecule has 0 aliphatic carbocycles. The minimum Gasteiger partial charge on any atom is -0.244 e. The van der Waals surface area contributed by atoms with Crippen molar-refractivity contribution in [2.24, 2.45) is 0 Å². The minimum atomic E-state index is -4.99. The lowest BCUT2D eigenvalue weighted by Gasteiger charge is -2.18. The summed E-state index contributed by atoms with van der Waals surface area (Å²) in [5.74, 6) is 0. The Bertz CT molecular complexity index is 650. The molecule has 0 N–H and O–H groups in total. The Labute approximate surface area is 129 Å². The highest BCUT2D eigenvalue weighted by Crippen LogP contribution is 2.45. The fourth-order valence-electron chi connectivity index (χ4n) is 1.86. The van der Waals surface area contributed by atoms with Gasteiger partial charge in [-0.15, -0.1) is 0 Å². The first-order valence-corrected chi connectivity index (χ1v) is 6.23. The van der Waals surface area contributed by atoms with E-state index in [2.05, 4.69) is 9.97 Å². The summed E-state index contributed by atoms with van der Waals surface area (Å²) in [7, 11) is 0. The van der Waals surface area contributed by atoms with Crippen LogP contribution in [0.15, 0.2) is 24.5 Å². The van der Waals surface area contributed by atoms with Gasteiger partial charge in [-0.25, -0.2) is 9.97 Å². The van der Waals surface area contributed by atoms with Crippen LogP contribution in [-0.2, 0) is 12.4 Å². The van der Waals surface area contributed by atoms with E-state index in [0.29, 0.717) is 0 Å². The van der Waals surface area contributed by atoms with Gasteiger partial charge in [0.25, 0.3) is 0 Å². The largest absolute Gasteiger partial charge is 0.419 e. The Balaban J connectivity index is 2.86. The summed E-state index contributed by atoms with van der Waals surface area (Å²) in [4.78, 5) is 6.52. The van der Waals surface area contributed by atoms with Crippen molar-refractivity contribution in [3.63, 3.8) is 0 Å². The van der Waals surface area contributed by atoms with E-state index >= 15 is 0 Å². The van der Waals surface area contributed by atoms with Crippen molar-refractivity contribution < 1.29 is 26.3 Å². The summed E-state index contributed by atoms with van der Waals surface area (Å²) in [5, 5.41) is -1.91. The molecule has 0 saturated carbocycles. The minimum absolute atomic E-state index is 0.774. The molecule has 22 heavy (non-hydrogen) atoms. The van der Waals surface area contributed by atoms with Crippen LogP contribution in [0.3, 0.4) is 0 Å². The highest BCUT2D eigenvalue weighted by atomic mass is 35.5. The lowest BCUT2D eigenvalue weighted by atomic mass is 9.98. The molecular weight excluding hydrogens is 357 g/mol. The normalized spacial score (nSPS) is 12.5. The highest BCUT2D eigenvalue weighted by Gasteiger charge is 2.41. The molecule has 2 aromatic rings. The number of hydrogen-bond donors (Lipinski definition) is 0. The Kier molecular flexibility index (Phi) is 4.27. The number of aromatic nitrogens is 2. The molecule has 0 unspecified atom stereocenters. The molecule has 0 spiro atoms. The molecule has 0 radical (unpaired) electrons. The smallest absolute Gasteiger partial charge is 0.244 e. The zero-order valence-corrected chi connectivity index (χ0v) is 11.7. The van der Waals surface area contributed by atoms with E-state index in [1.807, 2.05) is 0 Å². The molecule has 0 amide bonds. The van der Waals surface area contributed by atoms with Crippen LogP contribution < -0.4 is 0 Å². The predicted octanol–water partition coefficient (Wildman–Crippen LogP) is 5.49. The molecule has 2 rings (SSSR count). The van der Waals surface area contributed by atoms with Gasteiger partial charge < -0.3 is 0 Å². The molecule has 0 fully saturated rings. The van der Waals surface area contributed by atoms with Gasteiger partial charge in [0.15, 0.2) is 0 Å². The second-order valence-corrected chi connectivity index (χ2v) is 4.76. The van der Waals surface area contributed by atoms with Gasteiger partial charge in [-0.1, -0.05) is 23.2 Å². The van der Waals surface area contributed by atoms with Gasteiger partial charge in [0.1, 0.15) is 21.4 Å². The van der Waals surface area contributed by atoms with Gasteiger partial charge in [-0.3, -0.25) is 0 Å². The third kappa shape index (κ3) is 3.12. The standard InChI is InChI=1S/C12H4Cl2F6N2/c13-9-7(11(15,16)17)5(1-3-21-9)6-2-4-22-10(14)8(6)12(18,19)20/h1-4H. The van der Waals surface area contributed by atoms with Crippen LogP contribution in [0.5, 0.6) is 0 Å². The number of pyridine rings is 2. The molecule has 0 saturated heterocycles. The summed E-state index contributed by atoms with van der Waals surface area (Å²) in [6.45, 7) is 0. The van der Waals surface area contributed by atoms with Crippen molar-refractivity contribution in [2.45, 2.75) is 12.4 Å². The molecule has 0 bridgehead atoms. The van der Waals surface area contributed by atoms with Crippen LogP contribution in [0.25, 0.3) is 11.1 Å². The van der Waals surface area contributed by atoms with Crippen LogP contribution in [-0.4, -0.2) is 9.97 Å². The topological polar surface area (TPSA) is 25.8 Å². The summed E-state index contributed by atoms with van der Waals surface area (Å²) in [6, 6.07) is 1.57. The fraction of sp³-hybridized carbons (Fsp3) is 0.167. The van der Waals surface area contributed by atoms with Crippen molar-refractivity contribution in [3.8, 4) is 11.1 Å². The third-order valence-electron chi connectivity index (χ3n) is 2.67. The number of rotatable bonds is 1. The van der Waals surface area contributed by atoms with Gasteiger partial charge >= 0.3 is 12.4 Å². The Hall–Kier alpha value is -1.54. The molecule has 118 valence electrons. The van der Waals surface area contributed by atoms with Gasteiger partial charge in [-0.05, 0) is 23.3 Å². The average molecular weight is 361 g/mol. The monoisotopic (exact) mass is 360 g/mol. The van der Waals surface area contributed by atoms with Crippen molar-refractivity contribution in [2.75, 3.05) is 0 Å². The van der Waals surface area contributed by atoms with E-state index in [-0.39, 0.29) is 0 Å². The second kappa shape index (κ2) is 5.58. The highest BCUT2D eigenvalue weighted by molar-refractivity contribution is 6.31. The van der Waals surface area contributed by atoms with Crippen molar-refractivity contribution in [3.05, 3.63) is 46.0 Å². The van der Waals surface area contributed by atoms with Crippen LogP contribution in [0, 0.1) is 0 Å². The molecule has 10 heteroatoms. The predicted molar refractivity (Wildman–Crippen MR) is 67.5 cm³/mol. The first-order chi connectivity index (χ1) is 10.0. The Morgan fingerprint density at radius 2 is 1.00 bits per heavy atom. The molecule has 2 heterocycles. The molecule has 0 aliphatic heterocycles. The summed E-state index contributed by atoms with van der Waals surface area (Å²) >= 11 is 10.8. The van der Waals surface area contributed by atoms with Gasteiger partial charge in [0.05, 0.1) is 0 Å². The SMILES string of the molecule is FC(F)(F)c1c(-c2ccnc(Cl)c2C(F)(F)F)ccnc1Cl. The first kappa shape index (κ1) is 16.8. The van der Waals surface area contributed by atoms with Crippen LogP contribution in [0.2, 0.25) is 10.3 Å².